The van der Waals surface area contributed by atoms with Crippen molar-refractivity contribution < 1.29 is 19.2 Å². The molecular formula is C23H28N4O4. The fraction of sp³-hybridized carbons (Fsp3) is 0.565. The SMILES string of the molecule is CNC12CCCC(CN(Cc3ccc4c(c3)C(=O)N(C3CCC(=O)NC3=O)C4=O)C1)C2. The molecule has 3 unspecified atom stereocenters. The van der Waals surface area contributed by atoms with Gasteiger partial charge in [-0.25, -0.2) is 0 Å². The van der Waals surface area contributed by atoms with E-state index in [4.69, 9.17) is 0 Å². The molecule has 2 N–H and O–H groups in total. The van der Waals surface area contributed by atoms with Gasteiger partial charge in [0.25, 0.3) is 11.8 Å². The van der Waals surface area contributed by atoms with Gasteiger partial charge in [-0.3, -0.25) is 34.3 Å². The Kier molecular flexibility index (Phi) is 4.94. The van der Waals surface area contributed by atoms with E-state index in [2.05, 4.69) is 22.6 Å². The van der Waals surface area contributed by atoms with Crippen molar-refractivity contribution in [2.24, 2.45) is 5.92 Å². The molecule has 0 radical (unpaired) electrons. The molecule has 1 aromatic rings. The summed E-state index contributed by atoms with van der Waals surface area (Å²) in [6, 6.07) is 4.49. The van der Waals surface area contributed by atoms with E-state index >= 15 is 0 Å². The predicted octanol–water partition coefficient (Wildman–Crippen LogP) is 1.05. The van der Waals surface area contributed by atoms with Crippen LogP contribution in [0.25, 0.3) is 0 Å². The number of benzene rings is 1. The van der Waals surface area contributed by atoms with Crippen LogP contribution in [0.4, 0.5) is 0 Å². The molecule has 5 rings (SSSR count). The van der Waals surface area contributed by atoms with Crippen molar-refractivity contribution in [3.05, 3.63) is 34.9 Å². The van der Waals surface area contributed by atoms with E-state index in [1.54, 1.807) is 12.1 Å². The van der Waals surface area contributed by atoms with Crippen LogP contribution in [0.1, 0.15) is 64.8 Å². The first kappa shape index (κ1) is 20.3. The lowest BCUT2D eigenvalue weighted by molar-refractivity contribution is -0.136. The smallest absolute Gasteiger partial charge is 0.262 e. The number of nitrogens with zero attached hydrogens (tertiary/aromatic N) is 2. The zero-order valence-electron chi connectivity index (χ0n) is 17.8. The first-order chi connectivity index (χ1) is 14.9. The van der Waals surface area contributed by atoms with E-state index < -0.39 is 23.8 Å². The highest BCUT2D eigenvalue weighted by atomic mass is 16.2. The number of likely N-dealkylation sites (N-methyl/N-ethyl adjacent to an activating group) is 1. The summed E-state index contributed by atoms with van der Waals surface area (Å²) in [5.41, 5.74) is 1.86. The van der Waals surface area contributed by atoms with Gasteiger partial charge in [0.05, 0.1) is 11.1 Å². The molecule has 4 amide bonds. The molecule has 0 spiro atoms. The van der Waals surface area contributed by atoms with Gasteiger partial charge in [-0.2, -0.15) is 0 Å². The van der Waals surface area contributed by atoms with E-state index in [0.717, 1.165) is 30.1 Å². The van der Waals surface area contributed by atoms with Crippen LogP contribution in [0.15, 0.2) is 18.2 Å². The number of rotatable bonds is 4. The number of nitrogens with one attached hydrogen (secondary N) is 2. The quantitative estimate of drug-likeness (QED) is 0.701. The average Bonchev–Trinajstić information content (AvgIpc) is 2.98. The molecule has 3 atom stereocenters. The number of hydrogen-bond donors (Lipinski definition) is 2. The number of fused-ring (bicyclic) bond motifs is 3. The molecule has 2 saturated heterocycles. The normalized spacial score (nSPS) is 31.1. The maximum atomic E-state index is 13.1. The van der Waals surface area contributed by atoms with E-state index in [9.17, 15) is 19.2 Å². The largest absolute Gasteiger partial charge is 0.313 e. The van der Waals surface area contributed by atoms with Gasteiger partial charge in [0.15, 0.2) is 0 Å². The summed E-state index contributed by atoms with van der Waals surface area (Å²) in [6.45, 7) is 2.76. The topological polar surface area (TPSA) is 98.8 Å². The maximum absolute atomic E-state index is 13.1. The second-order valence-corrected chi connectivity index (χ2v) is 9.49. The second-order valence-electron chi connectivity index (χ2n) is 9.49. The Hall–Kier alpha value is -2.58. The molecule has 1 aromatic carbocycles. The molecule has 31 heavy (non-hydrogen) atoms. The molecule has 1 aliphatic carbocycles. The Bertz CT molecular complexity index is 976. The van der Waals surface area contributed by atoms with Gasteiger partial charge in [0.1, 0.15) is 6.04 Å². The summed E-state index contributed by atoms with van der Waals surface area (Å²) in [4.78, 5) is 53.1. The standard InChI is InChI=1S/C23H28N4O4/c1-24-23-8-2-3-15(10-23)12-26(13-23)11-14-4-5-16-17(9-14)22(31)27(21(16)30)18-6-7-19(28)25-20(18)29/h4-5,9,15,18,24H,2-3,6-8,10-13H2,1H3,(H,25,28,29). The molecule has 3 heterocycles. The minimum atomic E-state index is -0.925. The monoisotopic (exact) mass is 424 g/mol. The van der Waals surface area contributed by atoms with Crippen molar-refractivity contribution in [1.29, 1.82) is 0 Å². The van der Waals surface area contributed by atoms with Gasteiger partial charge in [0, 0.05) is 31.6 Å². The van der Waals surface area contributed by atoms with Crippen LogP contribution >= 0.6 is 0 Å². The molecule has 1 saturated carbocycles. The fourth-order valence-electron chi connectivity index (χ4n) is 5.94. The van der Waals surface area contributed by atoms with Crippen LogP contribution in [0, 0.1) is 5.92 Å². The van der Waals surface area contributed by atoms with Crippen molar-refractivity contribution in [3.8, 4) is 0 Å². The minimum Gasteiger partial charge on any atom is -0.313 e. The molecule has 4 aliphatic rings. The molecule has 2 bridgehead atoms. The molecule has 8 nitrogen and oxygen atoms in total. The van der Waals surface area contributed by atoms with Gasteiger partial charge >= 0.3 is 0 Å². The summed E-state index contributed by atoms with van der Waals surface area (Å²) < 4.78 is 0. The van der Waals surface area contributed by atoms with Gasteiger partial charge in [-0.15, -0.1) is 0 Å². The lowest BCUT2D eigenvalue weighted by atomic mass is 9.72. The lowest BCUT2D eigenvalue weighted by Gasteiger charge is -2.50. The van der Waals surface area contributed by atoms with Crippen LogP contribution in [0.3, 0.4) is 0 Å². The molecule has 3 aliphatic heterocycles. The highest BCUT2D eigenvalue weighted by molar-refractivity contribution is 6.23. The van der Waals surface area contributed by atoms with Crippen molar-refractivity contribution in [2.45, 2.75) is 56.7 Å². The lowest BCUT2D eigenvalue weighted by Crippen LogP contribution is -2.59. The van der Waals surface area contributed by atoms with Crippen LogP contribution in [-0.4, -0.2) is 65.1 Å². The van der Waals surface area contributed by atoms with Crippen LogP contribution in [-0.2, 0) is 16.1 Å². The van der Waals surface area contributed by atoms with E-state index in [1.165, 1.54) is 25.7 Å². The van der Waals surface area contributed by atoms with Crippen molar-refractivity contribution >= 4 is 23.6 Å². The third-order valence-corrected chi connectivity index (χ3v) is 7.43. The van der Waals surface area contributed by atoms with Gasteiger partial charge in [-0.1, -0.05) is 12.5 Å². The molecule has 164 valence electrons. The van der Waals surface area contributed by atoms with Crippen LogP contribution < -0.4 is 10.6 Å². The number of carbonyl (C=O) groups is 4. The van der Waals surface area contributed by atoms with Crippen LogP contribution in [0.5, 0.6) is 0 Å². The first-order valence-corrected chi connectivity index (χ1v) is 11.1. The number of piperidine rings is 2. The number of likely N-dealkylation sites (tertiary alicyclic amines) is 1. The molecule has 8 heteroatoms. The van der Waals surface area contributed by atoms with E-state index in [1.807, 2.05) is 6.07 Å². The Morgan fingerprint density at radius 2 is 1.94 bits per heavy atom. The third-order valence-electron chi connectivity index (χ3n) is 7.43. The summed E-state index contributed by atoms with van der Waals surface area (Å²) in [5, 5.41) is 5.79. The highest BCUT2D eigenvalue weighted by Gasteiger charge is 2.45. The molecular weight excluding hydrogens is 396 g/mol. The Labute approximate surface area is 181 Å². The maximum Gasteiger partial charge on any atom is 0.262 e. The Morgan fingerprint density at radius 3 is 2.71 bits per heavy atom. The highest BCUT2D eigenvalue weighted by Crippen LogP contribution is 2.38. The summed E-state index contributed by atoms with van der Waals surface area (Å²) in [6.07, 6.45) is 5.23. The van der Waals surface area contributed by atoms with Gasteiger partial charge in [-0.05, 0) is 56.3 Å². The fourth-order valence-corrected chi connectivity index (χ4v) is 5.94. The summed E-state index contributed by atoms with van der Waals surface area (Å²) >= 11 is 0. The Balaban J connectivity index is 1.35. The summed E-state index contributed by atoms with van der Waals surface area (Å²) in [5.74, 6) is -1.16. The zero-order chi connectivity index (χ0) is 21.8. The van der Waals surface area contributed by atoms with Crippen molar-refractivity contribution in [3.63, 3.8) is 0 Å². The van der Waals surface area contributed by atoms with Crippen LogP contribution in [0.2, 0.25) is 0 Å². The Morgan fingerprint density at radius 1 is 1.13 bits per heavy atom. The third kappa shape index (κ3) is 3.47. The number of carbonyl (C=O) groups excluding carboxylic acids is 4. The first-order valence-electron chi connectivity index (χ1n) is 11.1. The van der Waals surface area contributed by atoms with E-state index in [-0.39, 0.29) is 24.3 Å². The second kappa shape index (κ2) is 7.53. The zero-order valence-corrected chi connectivity index (χ0v) is 17.8. The van der Waals surface area contributed by atoms with E-state index in [0.29, 0.717) is 17.0 Å². The number of hydrogen-bond acceptors (Lipinski definition) is 6. The van der Waals surface area contributed by atoms with Crippen molar-refractivity contribution in [2.75, 3.05) is 20.1 Å². The van der Waals surface area contributed by atoms with Gasteiger partial charge < -0.3 is 5.32 Å². The minimum absolute atomic E-state index is 0.123. The van der Waals surface area contributed by atoms with Gasteiger partial charge in [0.2, 0.25) is 11.8 Å². The molecule has 3 fully saturated rings. The number of amides is 4. The predicted molar refractivity (Wildman–Crippen MR) is 112 cm³/mol. The van der Waals surface area contributed by atoms with Crippen molar-refractivity contribution in [1.82, 2.24) is 20.4 Å². The summed E-state index contributed by atoms with van der Waals surface area (Å²) in [7, 11) is 2.05. The number of imide groups is 2. The molecule has 0 aromatic heterocycles. The average molecular weight is 425 g/mol.